The molecule has 1 aliphatic rings. The molecule has 0 aliphatic heterocycles. The SMILES string of the molecule is COCCN(C(=O)c1cc(N)c[nH]1)C(C)C1CC1. The van der Waals surface area contributed by atoms with E-state index in [9.17, 15) is 4.79 Å². The molecule has 0 radical (unpaired) electrons. The van der Waals surface area contributed by atoms with Crippen molar-refractivity contribution in [2.24, 2.45) is 5.92 Å². The van der Waals surface area contributed by atoms with Gasteiger partial charge in [-0.05, 0) is 31.7 Å². The number of hydrogen-bond donors (Lipinski definition) is 2. The van der Waals surface area contributed by atoms with Crippen LogP contribution in [0, 0.1) is 5.92 Å². The van der Waals surface area contributed by atoms with Gasteiger partial charge >= 0.3 is 0 Å². The lowest BCUT2D eigenvalue weighted by atomic mass is 10.1. The van der Waals surface area contributed by atoms with Gasteiger partial charge < -0.3 is 20.4 Å². The van der Waals surface area contributed by atoms with Crippen LogP contribution < -0.4 is 5.73 Å². The molecule has 1 amide bonds. The van der Waals surface area contributed by atoms with E-state index < -0.39 is 0 Å². The number of carbonyl (C=O) groups excluding carboxylic acids is 1. The molecule has 3 N–H and O–H groups in total. The van der Waals surface area contributed by atoms with Crippen LogP contribution in [-0.2, 0) is 4.74 Å². The van der Waals surface area contributed by atoms with E-state index in [1.54, 1.807) is 19.4 Å². The minimum absolute atomic E-state index is 0.00292. The van der Waals surface area contributed by atoms with Gasteiger partial charge in [-0.3, -0.25) is 4.79 Å². The number of aromatic nitrogens is 1. The molecule has 5 heteroatoms. The maximum Gasteiger partial charge on any atom is 0.270 e. The zero-order chi connectivity index (χ0) is 13.1. The summed E-state index contributed by atoms with van der Waals surface area (Å²) in [5, 5.41) is 0. The molecule has 1 fully saturated rings. The van der Waals surface area contributed by atoms with Crippen molar-refractivity contribution in [1.82, 2.24) is 9.88 Å². The van der Waals surface area contributed by atoms with Crippen LogP contribution in [0.5, 0.6) is 0 Å². The van der Waals surface area contributed by atoms with Gasteiger partial charge in [0.2, 0.25) is 0 Å². The number of aromatic amines is 1. The number of hydrogen-bond acceptors (Lipinski definition) is 3. The number of nitrogens with two attached hydrogens (primary N) is 1. The van der Waals surface area contributed by atoms with Crippen molar-refractivity contribution in [2.45, 2.75) is 25.8 Å². The summed E-state index contributed by atoms with van der Waals surface area (Å²) in [5.74, 6) is 0.640. The fraction of sp³-hybridized carbons (Fsp3) is 0.615. The highest BCUT2D eigenvalue weighted by molar-refractivity contribution is 5.93. The number of nitrogens with one attached hydrogen (secondary N) is 1. The molecule has 1 atom stereocenters. The standard InChI is InChI=1S/C13H21N3O2/c1-9(10-3-4-10)16(5-6-18-2)13(17)12-7-11(14)8-15-12/h7-10,15H,3-6,14H2,1-2H3. The van der Waals surface area contributed by atoms with Crippen molar-refractivity contribution >= 4 is 11.6 Å². The quantitative estimate of drug-likeness (QED) is 0.804. The van der Waals surface area contributed by atoms with Gasteiger partial charge in [0.05, 0.1) is 6.61 Å². The van der Waals surface area contributed by atoms with Crippen molar-refractivity contribution in [3.63, 3.8) is 0 Å². The number of carbonyl (C=O) groups is 1. The maximum atomic E-state index is 12.4. The first kappa shape index (κ1) is 13.0. The highest BCUT2D eigenvalue weighted by Gasteiger charge is 2.34. The summed E-state index contributed by atoms with van der Waals surface area (Å²) in [5.41, 5.74) is 6.78. The zero-order valence-electron chi connectivity index (χ0n) is 11.0. The number of H-pyrrole nitrogens is 1. The summed E-state index contributed by atoms with van der Waals surface area (Å²) in [6.45, 7) is 3.28. The summed E-state index contributed by atoms with van der Waals surface area (Å²) >= 11 is 0. The maximum absolute atomic E-state index is 12.4. The highest BCUT2D eigenvalue weighted by Crippen LogP contribution is 2.35. The lowest BCUT2D eigenvalue weighted by molar-refractivity contribution is 0.0589. The Balaban J connectivity index is 2.09. The number of anilines is 1. The normalized spacial score (nSPS) is 16.6. The Morgan fingerprint density at radius 2 is 2.39 bits per heavy atom. The fourth-order valence-corrected chi connectivity index (χ4v) is 2.20. The Morgan fingerprint density at radius 1 is 1.67 bits per heavy atom. The molecule has 1 unspecified atom stereocenters. The molecule has 0 aromatic carbocycles. The number of rotatable bonds is 6. The van der Waals surface area contributed by atoms with Crippen LogP contribution in [0.2, 0.25) is 0 Å². The molecule has 1 aliphatic carbocycles. The number of ether oxygens (including phenoxy) is 1. The molecule has 0 bridgehead atoms. The molecule has 18 heavy (non-hydrogen) atoms. The molecule has 2 rings (SSSR count). The predicted octanol–water partition coefficient (Wildman–Crippen LogP) is 1.48. The van der Waals surface area contributed by atoms with Crippen molar-refractivity contribution in [1.29, 1.82) is 0 Å². The van der Waals surface area contributed by atoms with Crippen molar-refractivity contribution in [2.75, 3.05) is 26.0 Å². The Labute approximate surface area is 107 Å². The first-order valence-corrected chi connectivity index (χ1v) is 6.37. The molecule has 0 spiro atoms. The van der Waals surface area contributed by atoms with Crippen molar-refractivity contribution in [3.8, 4) is 0 Å². The van der Waals surface area contributed by atoms with Gasteiger partial charge in [0.1, 0.15) is 5.69 Å². The molecule has 5 nitrogen and oxygen atoms in total. The molecule has 0 saturated heterocycles. The molecular weight excluding hydrogens is 230 g/mol. The Hall–Kier alpha value is -1.49. The topological polar surface area (TPSA) is 71.3 Å². The second-order valence-electron chi connectivity index (χ2n) is 4.92. The van der Waals surface area contributed by atoms with E-state index in [4.69, 9.17) is 10.5 Å². The molecule has 1 saturated carbocycles. The molecule has 1 aromatic heterocycles. The van der Waals surface area contributed by atoms with Gasteiger partial charge in [-0.2, -0.15) is 0 Å². The summed E-state index contributed by atoms with van der Waals surface area (Å²) in [4.78, 5) is 17.2. The van der Waals surface area contributed by atoms with Gasteiger partial charge in [0, 0.05) is 31.6 Å². The minimum Gasteiger partial charge on any atom is -0.397 e. The Kier molecular flexibility index (Phi) is 3.91. The molecule has 1 heterocycles. The second kappa shape index (κ2) is 5.44. The number of methoxy groups -OCH3 is 1. The smallest absolute Gasteiger partial charge is 0.270 e. The number of nitrogens with zero attached hydrogens (tertiary/aromatic N) is 1. The Morgan fingerprint density at radius 3 is 2.89 bits per heavy atom. The van der Waals surface area contributed by atoms with Crippen LogP contribution >= 0.6 is 0 Å². The third-order valence-corrected chi connectivity index (χ3v) is 3.53. The molecule has 1 aromatic rings. The van der Waals surface area contributed by atoms with Gasteiger partial charge in [-0.15, -0.1) is 0 Å². The van der Waals surface area contributed by atoms with E-state index in [1.807, 2.05) is 4.90 Å². The first-order valence-electron chi connectivity index (χ1n) is 6.37. The van der Waals surface area contributed by atoms with Gasteiger partial charge in [0.25, 0.3) is 5.91 Å². The van der Waals surface area contributed by atoms with E-state index in [-0.39, 0.29) is 11.9 Å². The Bertz CT molecular complexity index is 412. The largest absolute Gasteiger partial charge is 0.397 e. The van der Waals surface area contributed by atoms with Crippen LogP contribution in [0.1, 0.15) is 30.3 Å². The number of amides is 1. The molecular formula is C13H21N3O2. The second-order valence-corrected chi connectivity index (χ2v) is 4.92. The third kappa shape index (κ3) is 2.85. The van der Waals surface area contributed by atoms with Crippen LogP contribution in [-0.4, -0.2) is 42.1 Å². The fourth-order valence-electron chi connectivity index (χ4n) is 2.20. The molecule has 100 valence electrons. The highest BCUT2D eigenvalue weighted by atomic mass is 16.5. The predicted molar refractivity (Wildman–Crippen MR) is 70.3 cm³/mol. The van der Waals surface area contributed by atoms with Gasteiger partial charge in [0.15, 0.2) is 0 Å². The first-order chi connectivity index (χ1) is 8.63. The van der Waals surface area contributed by atoms with E-state index in [1.165, 1.54) is 12.8 Å². The average Bonchev–Trinajstić information content (AvgIpc) is 3.11. The summed E-state index contributed by atoms with van der Waals surface area (Å²) in [6.07, 6.45) is 4.07. The van der Waals surface area contributed by atoms with Crippen LogP contribution in [0.3, 0.4) is 0 Å². The lowest BCUT2D eigenvalue weighted by Crippen LogP contribution is -2.42. The van der Waals surface area contributed by atoms with Gasteiger partial charge in [-0.25, -0.2) is 0 Å². The summed E-state index contributed by atoms with van der Waals surface area (Å²) in [7, 11) is 1.65. The van der Waals surface area contributed by atoms with E-state index in [0.29, 0.717) is 30.5 Å². The monoisotopic (exact) mass is 251 g/mol. The lowest BCUT2D eigenvalue weighted by Gasteiger charge is -2.28. The van der Waals surface area contributed by atoms with E-state index in [2.05, 4.69) is 11.9 Å². The van der Waals surface area contributed by atoms with Crippen molar-refractivity contribution < 1.29 is 9.53 Å². The van der Waals surface area contributed by atoms with Crippen LogP contribution in [0.4, 0.5) is 5.69 Å². The number of nitrogen functional groups attached to an aromatic ring is 1. The minimum atomic E-state index is 0.00292. The zero-order valence-corrected chi connectivity index (χ0v) is 11.0. The summed E-state index contributed by atoms with van der Waals surface area (Å²) < 4.78 is 5.09. The van der Waals surface area contributed by atoms with E-state index in [0.717, 1.165) is 0 Å². The third-order valence-electron chi connectivity index (χ3n) is 3.53. The van der Waals surface area contributed by atoms with Crippen molar-refractivity contribution in [3.05, 3.63) is 18.0 Å². The summed E-state index contributed by atoms with van der Waals surface area (Å²) in [6, 6.07) is 1.94. The van der Waals surface area contributed by atoms with Crippen LogP contribution in [0.25, 0.3) is 0 Å². The average molecular weight is 251 g/mol. The van der Waals surface area contributed by atoms with E-state index >= 15 is 0 Å². The van der Waals surface area contributed by atoms with Gasteiger partial charge in [-0.1, -0.05) is 0 Å². The van der Waals surface area contributed by atoms with Crippen LogP contribution in [0.15, 0.2) is 12.3 Å².